The number of ketones is 1. The smallest absolute Gasteiger partial charge is 0.164 e. The molecule has 0 bridgehead atoms. The number of rotatable bonds is 4. The summed E-state index contributed by atoms with van der Waals surface area (Å²) in [7, 11) is 0. The fourth-order valence-electron chi connectivity index (χ4n) is 2.82. The van der Waals surface area contributed by atoms with Crippen molar-refractivity contribution in [2.45, 2.75) is 38.4 Å². The van der Waals surface area contributed by atoms with E-state index in [9.17, 15) is 9.18 Å². The number of nitrogens with zero attached hydrogens (tertiary/aromatic N) is 1. The lowest BCUT2D eigenvalue weighted by molar-refractivity contribution is 0.101. The summed E-state index contributed by atoms with van der Waals surface area (Å²) in [5.41, 5.74) is 1.01. The maximum Gasteiger partial charge on any atom is 0.164 e. The molecule has 0 aromatic heterocycles. The molecule has 2 nitrogen and oxygen atoms in total. The van der Waals surface area contributed by atoms with Crippen LogP contribution in [-0.4, -0.2) is 29.9 Å². The zero-order chi connectivity index (χ0) is 14.5. The highest BCUT2D eigenvalue weighted by molar-refractivity contribution is 7.99. The van der Waals surface area contributed by atoms with E-state index in [2.05, 4.69) is 11.8 Å². The summed E-state index contributed by atoms with van der Waals surface area (Å²) in [6, 6.07) is 4.94. The first kappa shape index (κ1) is 15.4. The number of carbonyl (C=O) groups is 1. The van der Waals surface area contributed by atoms with Gasteiger partial charge in [-0.3, -0.25) is 4.79 Å². The average molecular weight is 295 g/mol. The summed E-state index contributed by atoms with van der Waals surface area (Å²) in [6.07, 6.45) is 3.52. The van der Waals surface area contributed by atoms with Gasteiger partial charge in [0.15, 0.2) is 5.78 Å². The van der Waals surface area contributed by atoms with Crippen molar-refractivity contribution in [2.24, 2.45) is 0 Å². The molecule has 1 aromatic rings. The molecule has 2 rings (SSSR count). The lowest BCUT2D eigenvalue weighted by Gasteiger charge is -2.28. The zero-order valence-electron chi connectivity index (χ0n) is 12.2. The molecule has 110 valence electrons. The van der Waals surface area contributed by atoms with Crippen molar-refractivity contribution < 1.29 is 9.18 Å². The first-order chi connectivity index (χ1) is 9.63. The van der Waals surface area contributed by atoms with E-state index in [0.29, 0.717) is 5.25 Å². The predicted octanol–water partition coefficient (Wildman–Crippen LogP) is 4.14. The molecule has 1 heterocycles. The lowest BCUT2D eigenvalue weighted by atomic mass is 10.1. The van der Waals surface area contributed by atoms with Gasteiger partial charge in [-0.15, -0.1) is 0 Å². The van der Waals surface area contributed by atoms with E-state index >= 15 is 0 Å². The molecule has 1 atom stereocenters. The third kappa shape index (κ3) is 3.54. The number of hydrogen-bond donors (Lipinski definition) is 0. The Morgan fingerprint density at radius 3 is 2.95 bits per heavy atom. The summed E-state index contributed by atoms with van der Waals surface area (Å²) in [4.78, 5) is 13.9. The molecule has 0 spiro atoms. The highest BCUT2D eigenvalue weighted by atomic mass is 32.2. The van der Waals surface area contributed by atoms with Crippen molar-refractivity contribution in [1.29, 1.82) is 0 Å². The summed E-state index contributed by atoms with van der Waals surface area (Å²) < 4.78 is 13.9. The molecule has 1 saturated heterocycles. The van der Waals surface area contributed by atoms with E-state index in [-0.39, 0.29) is 11.3 Å². The van der Waals surface area contributed by atoms with E-state index in [4.69, 9.17) is 0 Å². The highest BCUT2D eigenvalue weighted by Crippen LogP contribution is 2.29. The van der Waals surface area contributed by atoms with Gasteiger partial charge in [-0.05, 0) is 37.7 Å². The van der Waals surface area contributed by atoms with Gasteiger partial charge >= 0.3 is 0 Å². The molecule has 1 aliphatic rings. The van der Waals surface area contributed by atoms with Gasteiger partial charge < -0.3 is 4.90 Å². The van der Waals surface area contributed by atoms with E-state index in [0.717, 1.165) is 31.0 Å². The van der Waals surface area contributed by atoms with Crippen LogP contribution in [0.3, 0.4) is 0 Å². The van der Waals surface area contributed by atoms with Crippen molar-refractivity contribution >= 4 is 23.2 Å². The Morgan fingerprint density at radius 2 is 2.25 bits per heavy atom. The lowest BCUT2D eigenvalue weighted by Crippen LogP contribution is -2.31. The first-order valence-electron chi connectivity index (χ1n) is 7.29. The fourth-order valence-corrected chi connectivity index (χ4v) is 3.91. The Morgan fingerprint density at radius 1 is 1.45 bits per heavy atom. The average Bonchev–Trinajstić information content (AvgIpc) is 2.64. The highest BCUT2D eigenvalue weighted by Gasteiger charge is 2.22. The quantitative estimate of drug-likeness (QED) is 0.779. The minimum atomic E-state index is -0.404. The molecule has 0 aliphatic carbocycles. The number of Topliss-reactive ketones (excluding diaryl/α,β-unsaturated/α-hetero) is 1. The van der Waals surface area contributed by atoms with Gasteiger partial charge in [-0.1, -0.05) is 19.4 Å². The number of hydrogen-bond acceptors (Lipinski definition) is 3. The van der Waals surface area contributed by atoms with Crippen molar-refractivity contribution in [3.05, 3.63) is 29.6 Å². The molecule has 4 heteroatoms. The molecule has 0 radical (unpaired) electrons. The number of carbonyl (C=O) groups excluding carboxylic acids is 1. The third-order valence-electron chi connectivity index (χ3n) is 3.71. The zero-order valence-corrected chi connectivity index (χ0v) is 13.0. The number of benzene rings is 1. The van der Waals surface area contributed by atoms with Crippen molar-refractivity contribution in [1.82, 2.24) is 0 Å². The van der Waals surface area contributed by atoms with Crippen molar-refractivity contribution in [2.75, 3.05) is 23.7 Å². The van der Waals surface area contributed by atoms with E-state index in [1.807, 2.05) is 17.8 Å². The van der Waals surface area contributed by atoms with Crippen LogP contribution in [0.15, 0.2) is 18.2 Å². The van der Waals surface area contributed by atoms with Gasteiger partial charge in [0, 0.05) is 18.3 Å². The second kappa shape index (κ2) is 7.11. The van der Waals surface area contributed by atoms with E-state index in [1.165, 1.54) is 25.8 Å². The third-order valence-corrected chi connectivity index (χ3v) is 4.90. The molecular formula is C16H22FNOS. The van der Waals surface area contributed by atoms with Crippen LogP contribution in [0.4, 0.5) is 10.1 Å². The maximum absolute atomic E-state index is 13.9. The van der Waals surface area contributed by atoms with Crippen molar-refractivity contribution in [3.8, 4) is 0 Å². The molecule has 1 unspecified atom stereocenters. The number of halogens is 1. The number of thioether (sulfide) groups is 1. The Labute approximate surface area is 124 Å². The van der Waals surface area contributed by atoms with Gasteiger partial charge in [-0.25, -0.2) is 4.39 Å². The minimum absolute atomic E-state index is 0.193. The largest absolute Gasteiger partial charge is 0.370 e. The van der Waals surface area contributed by atoms with Crippen LogP contribution in [-0.2, 0) is 0 Å². The minimum Gasteiger partial charge on any atom is -0.370 e. The van der Waals surface area contributed by atoms with Gasteiger partial charge in [0.2, 0.25) is 0 Å². The van der Waals surface area contributed by atoms with Gasteiger partial charge in [0.25, 0.3) is 0 Å². The molecule has 0 saturated carbocycles. The van der Waals surface area contributed by atoms with Crippen LogP contribution in [0.5, 0.6) is 0 Å². The Bertz CT molecular complexity index is 478. The predicted molar refractivity (Wildman–Crippen MR) is 84.4 cm³/mol. The van der Waals surface area contributed by atoms with Gasteiger partial charge in [0.1, 0.15) is 5.82 Å². The van der Waals surface area contributed by atoms with E-state index in [1.54, 1.807) is 6.07 Å². The Kier molecular flexibility index (Phi) is 5.46. The van der Waals surface area contributed by atoms with Crippen LogP contribution in [0.2, 0.25) is 0 Å². The normalized spacial score (nSPS) is 19.8. The maximum atomic E-state index is 13.9. The molecule has 1 fully saturated rings. The standard InChI is InChI=1S/C16H22FNOS/c1-3-20-13-7-4-5-10-18(11-13)15-9-6-8-14(17)16(15)12(2)19/h6,8-9,13H,3-5,7,10-11H2,1-2H3. The fraction of sp³-hybridized carbons (Fsp3) is 0.562. The number of anilines is 1. The molecule has 20 heavy (non-hydrogen) atoms. The summed E-state index contributed by atoms with van der Waals surface area (Å²) in [6.45, 7) is 5.42. The van der Waals surface area contributed by atoms with Gasteiger partial charge in [-0.2, -0.15) is 11.8 Å². The second-order valence-corrected chi connectivity index (χ2v) is 6.79. The Hall–Kier alpha value is -1.03. The van der Waals surface area contributed by atoms with Crippen LogP contribution in [0.25, 0.3) is 0 Å². The molecule has 0 amide bonds. The van der Waals surface area contributed by atoms with Crippen molar-refractivity contribution in [3.63, 3.8) is 0 Å². The summed E-state index contributed by atoms with van der Waals surface area (Å²) in [5, 5.41) is 0.575. The second-order valence-electron chi connectivity index (χ2n) is 5.21. The summed E-state index contributed by atoms with van der Waals surface area (Å²) in [5.74, 6) is 0.502. The monoisotopic (exact) mass is 295 g/mol. The summed E-state index contributed by atoms with van der Waals surface area (Å²) >= 11 is 1.96. The topological polar surface area (TPSA) is 20.3 Å². The molecular weight excluding hydrogens is 273 g/mol. The van der Waals surface area contributed by atoms with E-state index < -0.39 is 5.82 Å². The SMILES string of the molecule is CCSC1CCCCN(c2cccc(F)c2C(C)=O)C1. The van der Waals surface area contributed by atoms with Crippen LogP contribution in [0.1, 0.15) is 43.5 Å². The van der Waals surface area contributed by atoms with Gasteiger partial charge in [0.05, 0.1) is 11.3 Å². The molecule has 0 N–H and O–H groups in total. The molecule has 1 aromatic carbocycles. The Balaban J connectivity index is 2.29. The van der Waals surface area contributed by atoms with Crippen LogP contribution in [0, 0.1) is 5.82 Å². The first-order valence-corrected chi connectivity index (χ1v) is 8.34. The van der Waals surface area contributed by atoms with Crippen LogP contribution < -0.4 is 4.90 Å². The molecule has 1 aliphatic heterocycles. The van der Waals surface area contributed by atoms with Crippen LogP contribution >= 0.6 is 11.8 Å².